The van der Waals surface area contributed by atoms with Crippen LogP contribution in [0.25, 0.3) is 0 Å². The van der Waals surface area contributed by atoms with Gasteiger partial charge in [0.15, 0.2) is 11.6 Å². The highest BCUT2D eigenvalue weighted by Crippen LogP contribution is 2.19. The molecule has 0 spiro atoms. The lowest BCUT2D eigenvalue weighted by Crippen LogP contribution is -2.45. The van der Waals surface area contributed by atoms with Crippen molar-refractivity contribution >= 4 is 6.03 Å². The molecule has 3 N–H and O–H groups in total. The van der Waals surface area contributed by atoms with E-state index in [-0.39, 0.29) is 18.6 Å². The van der Waals surface area contributed by atoms with Gasteiger partial charge >= 0.3 is 6.03 Å². The number of aliphatic hydroxyl groups excluding tert-OH is 1. The number of urea groups is 1. The Bertz CT molecular complexity index is 533. The molecule has 1 rings (SSSR count). The molecular weight excluding hydrogens is 306 g/mol. The van der Waals surface area contributed by atoms with Crippen molar-refractivity contribution in [3.05, 3.63) is 35.4 Å². The van der Waals surface area contributed by atoms with Crippen LogP contribution in [0.5, 0.6) is 0 Å². The number of benzene rings is 1. The Morgan fingerprint density at radius 2 is 1.96 bits per heavy atom. The van der Waals surface area contributed by atoms with E-state index in [2.05, 4.69) is 10.6 Å². The summed E-state index contributed by atoms with van der Waals surface area (Å²) in [5, 5.41) is 15.1. The average Bonchev–Trinajstić information content (AvgIpc) is 2.46. The van der Waals surface area contributed by atoms with Gasteiger partial charge in [-0.25, -0.2) is 13.6 Å². The van der Waals surface area contributed by atoms with E-state index in [9.17, 15) is 18.7 Å². The molecule has 0 radical (unpaired) electrons. The number of methoxy groups -OCH3 is 1. The summed E-state index contributed by atoms with van der Waals surface area (Å²) in [4.78, 5) is 11.9. The SMILES string of the molecule is COCC(NC(=O)NCC(O)C(C)(C)C)c1ccc(F)c(F)c1. The summed E-state index contributed by atoms with van der Waals surface area (Å²) in [6.45, 7) is 5.73. The average molecular weight is 330 g/mol. The van der Waals surface area contributed by atoms with Crippen LogP contribution in [0.4, 0.5) is 13.6 Å². The van der Waals surface area contributed by atoms with Crippen molar-refractivity contribution in [3.63, 3.8) is 0 Å². The predicted molar refractivity (Wildman–Crippen MR) is 83.0 cm³/mol. The molecule has 2 atom stereocenters. The highest BCUT2D eigenvalue weighted by atomic mass is 19.2. The lowest BCUT2D eigenvalue weighted by molar-refractivity contribution is 0.0647. The molecule has 1 aromatic rings. The summed E-state index contributed by atoms with van der Waals surface area (Å²) >= 11 is 0. The number of hydrogen-bond acceptors (Lipinski definition) is 3. The number of hydrogen-bond donors (Lipinski definition) is 3. The lowest BCUT2D eigenvalue weighted by atomic mass is 9.89. The first kappa shape index (κ1) is 19.3. The molecule has 0 saturated heterocycles. The zero-order chi connectivity index (χ0) is 17.6. The van der Waals surface area contributed by atoms with Crippen LogP contribution in [-0.4, -0.2) is 37.5 Å². The summed E-state index contributed by atoms with van der Waals surface area (Å²) in [6, 6.07) is 2.23. The minimum Gasteiger partial charge on any atom is -0.391 e. The third-order valence-corrected chi connectivity index (χ3v) is 3.44. The molecule has 1 aromatic carbocycles. The second-order valence-corrected chi connectivity index (χ2v) is 6.42. The van der Waals surface area contributed by atoms with Crippen molar-refractivity contribution < 1.29 is 23.4 Å². The number of nitrogens with one attached hydrogen (secondary N) is 2. The molecule has 0 bridgehead atoms. The molecule has 130 valence electrons. The first-order valence-corrected chi connectivity index (χ1v) is 7.31. The summed E-state index contributed by atoms with van der Waals surface area (Å²) in [7, 11) is 1.44. The molecule has 0 aromatic heterocycles. The number of rotatable bonds is 6. The third kappa shape index (κ3) is 6.11. The van der Waals surface area contributed by atoms with Gasteiger partial charge in [0, 0.05) is 13.7 Å². The van der Waals surface area contributed by atoms with E-state index in [1.165, 1.54) is 13.2 Å². The monoisotopic (exact) mass is 330 g/mol. The minimum atomic E-state index is -0.992. The molecule has 0 saturated carbocycles. The van der Waals surface area contributed by atoms with Crippen molar-refractivity contribution in [1.82, 2.24) is 10.6 Å². The van der Waals surface area contributed by atoms with Gasteiger partial charge in [0.05, 0.1) is 18.8 Å². The largest absolute Gasteiger partial charge is 0.391 e. The Balaban J connectivity index is 2.68. The van der Waals surface area contributed by atoms with E-state index >= 15 is 0 Å². The first-order valence-electron chi connectivity index (χ1n) is 7.31. The predicted octanol–water partition coefficient (Wildman–Crippen LogP) is 2.36. The minimum absolute atomic E-state index is 0.0762. The van der Waals surface area contributed by atoms with Gasteiger partial charge in [0.1, 0.15) is 0 Å². The van der Waals surface area contributed by atoms with Crippen molar-refractivity contribution in [2.45, 2.75) is 32.9 Å². The van der Waals surface area contributed by atoms with Gasteiger partial charge in [-0.2, -0.15) is 0 Å². The van der Waals surface area contributed by atoms with Crippen LogP contribution >= 0.6 is 0 Å². The van der Waals surface area contributed by atoms with E-state index in [1.807, 2.05) is 20.8 Å². The van der Waals surface area contributed by atoms with Crippen molar-refractivity contribution in [2.24, 2.45) is 5.41 Å². The number of carbonyl (C=O) groups excluding carboxylic acids is 1. The second kappa shape index (κ2) is 8.21. The maximum atomic E-state index is 13.3. The Hall–Kier alpha value is -1.73. The van der Waals surface area contributed by atoms with Gasteiger partial charge in [-0.1, -0.05) is 26.8 Å². The fourth-order valence-corrected chi connectivity index (χ4v) is 1.82. The van der Waals surface area contributed by atoms with E-state index < -0.39 is 29.8 Å². The normalized spacial score (nSPS) is 14.2. The highest BCUT2D eigenvalue weighted by Gasteiger charge is 2.23. The first-order chi connectivity index (χ1) is 10.6. The fraction of sp³-hybridized carbons (Fsp3) is 0.562. The summed E-state index contributed by atoms with van der Waals surface area (Å²) in [5.74, 6) is -1.95. The van der Waals surface area contributed by atoms with Gasteiger partial charge in [-0.15, -0.1) is 0 Å². The van der Waals surface area contributed by atoms with E-state index in [4.69, 9.17) is 4.74 Å². The molecule has 0 aliphatic carbocycles. The summed E-state index contributed by atoms with van der Waals surface area (Å²) in [6.07, 6.45) is -0.711. The van der Waals surface area contributed by atoms with E-state index in [1.54, 1.807) is 0 Å². The number of aliphatic hydroxyl groups is 1. The number of amides is 2. The van der Waals surface area contributed by atoms with Gasteiger partial charge in [-0.3, -0.25) is 0 Å². The van der Waals surface area contributed by atoms with Gasteiger partial charge in [0.25, 0.3) is 0 Å². The molecule has 7 heteroatoms. The fourth-order valence-electron chi connectivity index (χ4n) is 1.82. The molecule has 0 aliphatic rings. The Morgan fingerprint density at radius 1 is 1.30 bits per heavy atom. The third-order valence-electron chi connectivity index (χ3n) is 3.44. The Morgan fingerprint density at radius 3 is 2.48 bits per heavy atom. The highest BCUT2D eigenvalue weighted by molar-refractivity contribution is 5.74. The lowest BCUT2D eigenvalue weighted by Gasteiger charge is -2.26. The molecule has 0 fully saturated rings. The van der Waals surface area contributed by atoms with Crippen molar-refractivity contribution in [1.29, 1.82) is 0 Å². The Kier molecular flexibility index (Phi) is 6.90. The quantitative estimate of drug-likeness (QED) is 0.750. The zero-order valence-electron chi connectivity index (χ0n) is 13.8. The van der Waals surface area contributed by atoms with E-state index in [0.29, 0.717) is 5.56 Å². The number of halogens is 2. The summed E-state index contributed by atoms with van der Waals surface area (Å²) < 4.78 is 31.3. The van der Waals surface area contributed by atoms with Crippen LogP contribution < -0.4 is 10.6 Å². The van der Waals surface area contributed by atoms with Crippen LogP contribution in [0.3, 0.4) is 0 Å². The van der Waals surface area contributed by atoms with Crippen LogP contribution in [0.15, 0.2) is 18.2 Å². The van der Waals surface area contributed by atoms with Crippen LogP contribution in [0, 0.1) is 17.0 Å². The number of ether oxygens (including phenoxy) is 1. The van der Waals surface area contributed by atoms with Gasteiger partial charge in [0.2, 0.25) is 0 Å². The zero-order valence-corrected chi connectivity index (χ0v) is 13.8. The van der Waals surface area contributed by atoms with Crippen molar-refractivity contribution in [3.8, 4) is 0 Å². The standard InChI is InChI=1S/C16H24F2N2O3/c1-16(2,3)14(21)8-19-15(22)20-13(9-23-4)10-5-6-11(17)12(18)7-10/h5-7,13-14,21H,8-9H2,1-4H3,(H2,19,20,22). The molecule has 0 aliphatic heterocycles. The maximum Gasteiger partial charge on any atom is 0.315 e. The molecular formula is C16H24F2N2O3. The van der Waals surface area contributed by atoms with Gasteiger partial charge in [-0.05, 0) is 23.1 Å². The second-order valence-electron chi connectivity index (χ2n) is 6.42. The topological polar surface area (TPSA) is 70.6 Å². The van der Waals surface area contributed by atoms with E-state index in [0.717, 1.165) is 12.1 Å². The molecule has 2 amide bonds. The molecule has 5 nitrogen and oxygen atoms in total. The van der Waals surface area contributed by atoms with Crippen LogP contribution in [0.2, 0.25) is 0 Å². The maximum absolute atomic E-state index is 13.3. The smallest absolute Gasteiger partial charge is 0.315 e. The van der Waals surface area contributed by atoms with Crippen LogP contribution in [-0.2, 0) is 4.74 Å². The Labute approximate surface area is 135 Å². The summed E-state index contributed by atoms with van der Waals surface area (Å²) in [5.41, 5.74) is 0.0246. The van der Waals surface area contributed by atoms with Crippen molar-refractivity contribution in [2.75, 3.05) is 20.3 Å². The molecule has 23 heavy (non-hydrogen) atoms. The molecule has 2 unspecified atom stereocenters. The van der Waals surface area contributed by atoms with Gasteiger partial charge < -0.3 is 20.5 Å². The molecule has 0 heterocycles. The van der Waals surface area contributed by atoms with Crippen LogP contribution in [0.1, 0.15) is 32.4 Å². The number of carbonyl (C=O) groups is 1.